The largest absolute Gasteiger partial charge is 0.391 e. The van der Waals surface area contributed by atoms with Crippen molar-refractivity contribution in [2.24, 2.45) is 5.92 Å². The van der Waals surface area contributed by atoms with Crippen LogP contribution >= 0.6 is 0 Å². The van der Waals surface area contributed by atoms with Crippen LogP contribution < -0.4 is 0 Å². The smallest absolute Gasteiger partial charge is 0.0695 e. The molecule has 3 nitrogen and oxygen atoms in total. The Balaban J connectivity index is 1.86. The van der Waals surface area contributed by atoms with E-state index in [0.717, 1.165) is 19.6 Å². The summed E-state index contributed by atoms with van der Waals surface area (Å²) >= 11 is 0. The van der Waals surface area contributed by atoms with Crippen LogP contribution in [0.5, 0.6) is 0 Å². The highest BCUT2D eigenvalue weighted by molar-refractivity contribution is 4.87. The van der Waals surface area contributed by atoms with E-state index in [1.165, 1.54) is 32.2 Å². The van der Waals surface area contributed by atoms with E-state index in [1.54, 1.807) is 7.11 Å². The van der Waals surface area contributed by atoms with E-state index in [4.69, 9.17) is 4.74 Å². The minimum Gasteiger partial charge on any atom is -0.391 e. The zero-order valence-electron chi connectivity index (χ0n) is 9.69. The van der Waals surface area contributed by atoms with Gasteiger partial charge in [0.2, 0.25) is 0 Å². The van der Waals surface area contributed by atoms with E-state index in [2.05, 4.69) is 4.90 Å². The normalized spacial score (nSPS) is 38.4. The molecule has 3 heteroatoms. The summed E-state index contributed by atoms with van der Waals surface area (Å²) < 4.78 is 5.23. The molecule has 0 spiro atoms. The van der Waals surface area contributed by atoms with Crippen molar-refractivity contribution in [2.45, 2.75) is 44.2 Å². The Morgan fingerprint density at radius 2 is 2.13 bits per heavy atom. The summed E-state index contributed by atoms with van der Waals surface area (Å²) in [7, 11) is 1.78. The van der Waals surface area contributed by atoms with Gasteiger partial charge < -0.3 is 9.84 Å². The number of rotatable bonds is 3. The summed E-state index contributed by atoms with van der Waals surface area (Å²) in [6, 6.07) is 0.435. The van der Waals surface area contributed by atoms with Crippen molar-refractivity contribution in [3.8, 4) is 0 Å². The highest BCUT2D eigenvalue weighted by atomic mass is 16.5. The van der Waals surface area contributed by atoms with E-state index >= 15 is 0 Å². The van der Waals surface area contributed by atoms with Gasteiger partial charge in [0.25, 0.3) is 0 Å². The molecule has 1 saturated heterocycles. The zero-order chi connectivity index (χ0) is 10.7. The van der Waals surface area contributed by atoms with Crippen LogP contribution in [0.15, 0.2) is 0 Å². The minimum absolute atomic E-state index is 0.0775. The lowest BCUT2D eigenvalue weighted by Gasteiger charge is -2.37. The van der Waals surface area contributed by atoms with Crippen molar-refractivity contribution in [2.75, 3.05) is 26.8 Å². The maximum absolute atomic E-state index is 9.88. The lowest BCUT2D eigenvalue weighted by molar-refractivity contribution is 0.0247. The number of nitrogens with zero attached hydrogens (tertiary/aromatic N) is 1. The number of hydrogen-bond acceptors (Lipinski definition) is 3. The van der Waals surface area contributed by atoms with Gasteiger partial charge in [-0.05, 0) is 44.6 Å². The van der Waals surface area contributed by atoms with E-state index < -0.39 is 0 Å². The predicted octanol–water partition coefficient (Wildman–Crippen LogP) is 1.26. The molecule has 1 aliphatic heterocycles. The van der Waals surface area contributed by atoms with Gasteiger partial charge in [-0.1, -0.05) is 0 Å². The number of aliphatic hydroxyl groups is 1. The van der Waals surface area contributed by atoms with Crippen LogP contribution in [-0.4, -0.2) is 49.0 Å². The average molecular weight is 213 g/mol. The third-order valence-corrected chi connectivity index (χ3v) is 3.87. The highest BCUT2D eigenvalue weighted by Crippen LogP contribution is 2.28. The molecule has 1 heterocycles. The molecule has 2 rings (SSSR count). The van der Waals surface area contributed by atoms with Gasteiger partial charge >= 0.3 is 0 Å². The molecular weight excluding hydrogens is 190 g/mol. The number of hydrogen-bond donors (Lipinski definition) is 1. The van der Waals surface area contributed by atoms with E-state index in [9.17, 15) is 5.11 Å². The number of piperidine rings is 1. The second kappa shape index (κ2) is 5.28. The summed E-state index contributed by atoms with van der Waals surface area (Å²) in [5.74, 6) is 0.677. The Morgan fingerprint density at radius 1 is 1.27 bits per heavy atom. The van der Waals surface area contributed by atoms with Crippen molar-refractivity contribution in [3.05, 3.63) is 0 Å². The molecule has 2 aliphatic rings. The third-order valence-electron chi connectivity index (χ3n) is 3.87. The fourth-order valence-electron chi connectivity index (χ4n) is 3.12. The molecule has 0 radical (unpaired) electrons. The van der Waals surface area contributed by atoms with Crippen molar-refractivity contribution in [3.63, 3.8) is 0 Å². The fraction of sp³-hybridized carbons (Fsp3) is 1.00. The van der Waals surface area contributed by atoms with Crippen molar-refractivity contribution < 1.29 is 9.84 Å². The fourth-order valence-corrected chi connectivity index (χ4v) is 3.12. The van der Waals surface area contributed by atoms with E-state index in [1.807, 2.05) is 0 Å². The van der Waals surface area contributed by atoms with Crippen molar-refractivity contribution in [1.29, 1.82) is 0 Å². The van der Waals surface area contributed by atoms with Gasteiger partial charge in [0.05, 0.1) is 12.7 Å². The van der Waals surface area contributed by atoms with Crippen LogP contribution in [0.3, 0.4) is 0 Å². The number of likely N-dealkylation sites (tertiary alicyclic amines) is 1. The average Bonchev–Trinajstić information content (AvgIpc) is 2.65. The summed E-state index contributed by atoms with van der Waals surface area (Å²) in [6.45, 7) is 3.16. The molecule has 1 unspecified atom stereocenters. The Labute approximate surface area is 92.4 Å². The monoisotopic (exact) mass is 213 g/mol. The van der Waals surface area contributed by atoms with E-state index in [-0.39, 0.29) is 6.10 Å². The summed E-state index contributed by atoms with van der Waals surface area (Å²) in [6.07, 6.45) is 5.84. The zero-order valence-corrected chi connectivity index (χ0v) is 9.69. The van der Waals surface area contributed by atoms with Gasteiger partial charge in [0.15, 0.2) is 0 Å². The van der Waals surface area contributed by atoms with Crippen LogP contribution in [0, 0.1) is 5.92 Å². The third kappa shape index (κ3) is 2.71. The Kier molecular flexibility index (Phi) is 4.00. The molecular formula is C12H23NO2. The first-order valence-electron chi connectivity index (χ1n) is 6.22. The minimum atomic E-state index is -0.0775. The summed E-state index contributed by atoms with van der Waals surface area (Å²) in [5, 5.41) is 9.88. The van der Waals surface area contributed by atoms with Gasteiger partial charge in [0.1, 0.15) is 0 Å². The molecule has 88 valence electrons. The molecule has 1 saturated carbocycles. The summed E-state index contributed by atoms with van der Waals surface area (Å²) in [4.78, 5) is 2.49. The van der Waals surface area contributed by atoms with Gasteiger partial charge in [-0.3, -0.25) is 4.90 Å². The lowest BCUT2D eigenvalue weighted by Crippen LogP contribution is -2.46. The van der Waals surface area contributed by atoms with Gasteiger partial charge in [-0.15, -0.1) is 0 Å². The first kappa shape index (κ1) is 11.4. The molecule has 3 atom stereocenters. The Morgan fingerprint density at radius 3 is 2.80 bits per heavy atom. The van der Waals surface area contributed by atoms with Crippen LogP contribution in [-0.2, 0) is 4.74 Å². The molecule has 0 aromatic heterocycles. The Bertz CT molecular complexity index is 196. The van der Waals surface area contributed by atoms with Crippen molar-refractivity contribution in [1.82, 2.24) is 4.90 Å². The molecule has 0 aromatic rings. The van der Waals surface area contributed by atoms with Crippen LogP contribution in [0.2, 0.25) is 0 Å². The molecule has 2 fully saturated rings. The standard InChI is InChI=1S/C12H23NO2/c1-15-9-10-4-3-7-13(8-10)11-5-2-6-12(11)14/h10-12,14H,2-9H2,1H3/t10?,11-,12-/m0/s1. The van der Waals surface area contributed by atoms with Gasteiger partial charge in [-0.2, -0.15) is 0 Å². The lowest BCUT2D eigenvalue weighted by atomic mass is 9.97. The SMILES string of the molecule is COCC1CCCN([C@H]2CCC[C@@H]2O)C1. The molecule has 15 heavy (non-hydrogen) atoms. The number of aliphatic hydroxyl groups excluding tert-OH is 1. The number of methoxy groups -OCH3 is 1. The van der Waals surface area contributed by atoms with Crippen LogP contribution in [0.4, 0.5) is 0 Å². The van der Waals surface area contributed by atoms with Crippen LogP contribution in [0.25, 0.3) is 0 Å². The Hall–Kier alpha value is -0.120. The summed E-state index contributed by atoms with van der Waals surface area (Å²) in [5.41, 5.74) is 0. The maximum Gasteiger partial charge on any atom is 0.0695 e. The topological polar surface area (TPSA) is 32.7 Å². The molecule has 1 N–H and O–H groups in total. The molecule has 0 amide bonds. The second-order valence-electron chi connectivity index (χ2n) is 5.02. The quantitative estimate of drug-likeness (QED) is 0.766. The second-order valence-corrected chi connectivity index (χ2v) is 5.02. The number of ether oxygens (including phenoxy) is 1. The predicted molar refractivity (Wildman–Crippen MR) is 59.8 cm³/mol. The highest BCUT2D eigenvalue weighted by Gasteiger charge is 2.33. The first-order chi connectivity index (χ1) is 7.31. The molecule has 0 bridgehead atoms. The van der Waals surface area contributed by atoms with Crippen LogP contribution in [0.1, 0.15) is 32.1 Å². The molecule has 0 aromatic carbocycles. The van der Waals surface area contributed by atoms with Crippen molar-refractivity contribution >= 4 is 0 Å². The van der Waals surface area contributed by atoms with Gasteiger partial charge in [-0.25, -0.2) is 0 Å². The maximum atomic E-state index is 9.88. The first-order valence-corrected chi connectivity index (χ1v) is 6.22. The molecule has 1 aliphatic carbocycles. The van der Waals surface area contributed by atoms with Gasteiger partial charge in [0, 0.05) is 19.7 Å². The van der Waals surface area contributed by atoms with E-state index in [0.29, 0.717) is 12.0 Å².